The zero-order valence-electron chi connectivity index (χ0n) is 12.7. The molecule has 1 saturated carbocycles. The smallest absolute Gasteiger partial charge is 0.225 e. The fourth-order valence-electron chi connectivity index (χ4n) is 2.67. The maximum Gasteiger partial charge on any atom is 0.225 e. The molecule has 1 aromatic carbocycles. The van der Waals surface area contributed by atoms with Crippen molar-refractivity contribution in [3.63, 3.8) is 0 Å². The van der Waals surface area contributed by atoms with Gasteiger partial charge in [0, 0.05) is 19.0 Å². The van der Waals surface area contributed by atoms with Gasteiger partial charge in [0.15, 0.2) is 0 Å². The van der Waals surface area contributed by atoms with Gasteiger partial charge >= 0.3 is 0 Å². The van der Waals surface area contributed by atoms with E-state index in [-0.39, 0.29) is 30.3 Å². The van der Waals surface area contributed by atoms with Crippen molar-refractivity contribution >= 4 is 18.3 Å². The molecule has 2 rings (SSSR count). The summed E-state index contributed by atoms with van der Waals surface area (Å²) in [6, 6.07) is 8.11. The first kappa shape index (κ1) is 17.8. The van der Waals surface area contributed by atoms with Gasteiger partial charge in [-0.1, -0.05) is 18.2 Å². The summed E-state index contributed by atoms with van der Waals surface area (Å²) in [5.41, 5.74) is 6.97. The number of ether oxygens (including phenoxy) is 1. The first-order valence-corrected chi connectivity index (χ1v) is 7.27. The van der Waals surface area contributed by atoms with Crippen molar-refractivity contribution in [2.75, 3.05) is 20.2 Å². The molecule has 0 radical (unpaired) electrons. The predicted molar refractivity (Wildman–Crippen MR) is 86.9 cm³/mol. The van der Waals surface area contributed by atoms with Crippen LogP contribution in [0.2, 0.25) is 0 Å². The Bertz CT molecular complexity index is 467. The Balaban J connectivity index is 0.00000220. The Labute approximate surface area is 133 Å². The normalized spacial score (nSPS) is 20.7. The lowest BCUT2D eigenvalue weighted by Gasteiger charge is -2.21. The topological polar surface area (TPSA) is 55.6 Å². The van der Waals surface area contributed by atoms with Crippen LogP contribution in [-0.2, 0) is 4.79 Å². The highest BCUT2D eigenvalue weighted by Crippen LogP contribution is 2.25. The molecule has 2 unspecified atom stereocenters. The van der Waals surface area contributed by atoms with Crippen molar-refractivity contribution in [1.82, 2.24) is 4.90 Å². The molecule has 21 heavy (non-hydrogen) atoms. The number of benzene rings is 1. The lowest BCUT2D eigenvalue weighted by molar-refractivity contribution is -0.134. The summed E-state index contributed by atoms with van der Waals surface area (Å²) >= 11 is 0. The Hall–Kier alpha value is -1.26. The summed E-state index contributed by atoms with van der Waals surface area (Å²) in [4.78, 5) is 14.0. The second-order valence-corrected chi connectivity index (χ2v) is 5.64. The molecule has 5 heteroatoms. The van der Waals surface area contributed by atoms with Gasteiger partial charge in [-0.3, -0.25) is 4.79 Å². The number of carbonyl (C=O) groups excluding carboxylic acids is 1. The standard InChI is InChI=1S/C16H24N2O2.ClH/c1-12-5-3-4-6-15(12)20-10-9-18(2)16(19)13-7-8-14(17)11-13;/h3-6,13-14H,7-11,17H2,1-2H3;1H. The summed E-state index contributed by atoms with van der Waals surface area (Å²) in [7, 11) is 1.84. The maximum absolute atomic E-state index is 12.2. The third kappa shape index (κ3) is 4.90. The van der Waals surface area contributed by atoms with Gasteiger partial charge in [0.2, 0.25) is 5.91 Å². The minimum absolute atomic E-state index is 0. The van der Waals surface area contributed by atoms with Gasteiger partial charge in [-0.15, -0.1) is 12.4 Å². The number of para-hydroxylation sites is 1. The Morgan fingerprint density at radius 2 is 2.10 bits per heavy atom. The largest absolute Gasteiger partial charge is 0.491 e. The van der Waals surface area contributed by atoms with Crippen LogP contribution >= 0.6 is 12.4 Å². The minimum atomic E-state index is 0. The van der Waals surface area contributed by atoms with Crippen molar-refractivity contribution < 1.29 is 9.53 Å². The lowest BCUT2D eigenvalue weighted by atomic mass is 10.1. The Kier molecular flexibility index (Phi) is 6.99. The van der Waals surface area contributed by atoms with Gasteiger partial charge in [0.05, 0.1) is 6.54 Å². The molecule has 118 valence electrons. The third-order valence-electron chi connectivity index (χ3n) is 3.98. The number of hydrogen-bond donors (Lipinski definition) is 1. The number of amides is 1. The average molecular weight is 313 g/mol. The van der Waals surface area contributed by atoms with Crippen LogP contribution in [0, 0.1) is 12.8 Å². The van der Waals surface area contributed by atoms with Gasteiger partial charge < -0.3 is 15.4 Å². The molecule has 0 spiro atoms. The van der Waals surface area contributed by atoms with Crippen LogP contribution < -0.4 is 10.5 Å². The molecule has 1 amide bonds. The van der Waals surface area contributed by atoms with Gasteiger partial charge in [0.25, 0.3) is 0 Å². The molecule has 1 aliphatic carbocycles. The van der Waals surface area contributed by atoms with E-state index in [0.29, 0.717) is 13.2 Å². The van der Waals surface area contributed by atoms with E-state index in [1.165, 1.54) is 0 Å². The van der Waals surface area contributed by atoms with E-state index in [9.17, 15) is 4.79 Å². The molecule has 1 aromatic rings. The average Bonchev–Trinajstić information content (AvgIpc) is 2.86. The van der Waals surface area contributed by atoms with E-state index in [1.54, 1.807) is 4.90 Å². The number of carbonyl (C=O) groups is 1. The van der Waals surface area contributed by atoms with E-state index in [4.69, 9.17) is 10.5 Å². The second kappa shape index (κ2) is 8.25. The van der Waals surface area contributed by atoms with E-state index in [1.807, 2.05) is 38.2 Å². The highest BCUT2D eigenvalue weighted by Gasteiger charge is 2.29. The number of rotatable bonds is 5. The van der Waals surface area contributed by atoms with Crippen LogP contribution in [0.4, 0.5) is 0 Å². The van der Waals surface area contributed by atoms with E-state index in [0.717, 1.165) is 30.6 Å². The van der Waals surface area contributed by atoms with Crippen molar-refractivity contribution in [3.8, 4) is 5.75 Å². The lowest BCUT2D eigenvalue weighted by Crippen LogP contribution is -2.35. The molecular formula is C16H25ClN2O2. The molecule has 4 nitrogen and oxygen atoms in total. The van der Waals surface area contributed by atoms with Crippen LogP contribution in [0.1, 0.15) is 24.8 Å². The molecule has 0 bridgehead atoms. The van der Waals surface area contributed by atoms with Crippen molar-refractivity contribution in [1.29, 1.82) is 0 Å². The minimum Gasteiger partial charge on any atom is -0.491 e. The van der Waals surface area contributed by atoms with E-state index >= 15 is 0 Å². The molecule has 1 aliphatic rings. The number of aryl methyl sites for hydroxylation is 1. The zero-order valence-corrected chi connectivity index (χ0v) is 13.6. The SMILES string of the molecule is Cc1ccccc1OCCN(C)C(=O)C1CCC(N)C1.Cl. The van der Waals surface area contributed by atoms with Gasteiger partial charge in [-0.25, -0.2) is 0 Å². The molecule has 2 N–H and O–H groups in total. The maximum atomic E-state index is 12.2. The molecule has 0 saturated heterocycles. The van der Waals surface area contributed by atoms with Gasteiger partial charge in [-0.05, 0) is 37.8 Å². The van der Waals surface area contributed by atoms with Crippen LogP contribution in [0.15, 0.2) is 24.3 Å². The van der Waals surface area contributed by atoms with E-state index < -0.39 is 0 Å². The highest BCUT2D eigenvalue weighted by atomic mass is 35.5. The summed E-state index contributed by atoms with van der Waals surface area (Å²) in [6.45, 7) is 3.15. The van der Waals surface area contributed by atoms with Gasteiger partial charge in [0.1, 0.15) is 12.4 Å². The summed E-state index contributed by atoms with van der Waals surface area (Å²) < 4.78 is 5.72. The number of hydrogen-bond acceptors (Lipinski definition) is 3. The highest BCUT2D eigenvalue weighted by molar-refractivity contribution is 5.85. The van der Waals surface area contributed by atoms with Crippen molar-refractivity contribution in [3.05, 3.63) is 29.8 Å². The summed E-state index contributed by atoms with van der Waals surface area (Å²) in [5.74, 6) is 1.19. The number of nitrogens with two attached hydrogens (primary N) is 1. The summed E-state index contributed by atoms with van der Waals surface area (Å²) in [5, 5.41) is 0. The van der Waals surface area contributed by atoms with Crippen LogP contribution in [-0.4, -0.2) is 37.0 Å². The quantitative estimate of drug-likeness (QED) is 0.908. The predicted octanol–water partition coefficient (Wildman–Crippen LogP) is 2.38. The van der Waals surface area contributed by atoms with Crippen LogP contribution in [0.25, 0.3) is 0 Å². The number of nitrogens with zero attached hydrogens (tertiary/aromatic N) is 1. The number of likely N-dealkylation sites (N-methyl/N-ethyl adjacent to an activating group) is 1. The number of halogens is 1. The first-order valence-electron chi connectivity index (χ1n) is 7.27. The second-order valence-electron chi connectivity index (χ2n) is 5.64. The fraction of sp³-hybridized carbons (Fsp3) is 0.562. The molecular weight excluding hydrogens is 288 g/mol. The monoisotopic (exact) mass is 312 g/mol. The zero-order chi connectivity index (χ0) is 14.5. The van der Waals surface area contributed by atoms with Crippen molar-refractivity contribution in [2.45, 2.75) is 32.2 Å². The molecule has 0 aromatic heterocycles. The molecule has 0 heterocycles. The first-order chi connectivity index (χ1) is 9.58. The third-order valence-corrected chi connectivity index (χ3v) is 3.98. The summed E-state index contributed by atoms with van der Waals surface area (Å²) in [6.07, 6.45) is 2.70. The fourth-order valence-corrected chi connectivity index (χ4v) is 2.67. The van der Waals surface area contributed by atoms with Crippen molar-refractivity contribution in [2.24, 2.45) is 11.7 Å². The van der Waals surface area contributed by atoms with E-state index in [2.05, 4.69) is 0 Å². The molecule has 1 fully saturated rings. The molecule has 0 aliphatic heterocycles. The Morgan fingerprint density at radius 1 is 1.38 bits per heavy atom. The Morgan fingerprint density at radius 3 is 2.71 bits per heavy atom. The van der Waals surface area contributed by atoms with Gasteiger partial charge in [-0.2, -0.15) is 0 Å². The van der Waals surface area contributed by atoms with Crippen LogP contribution in [0.3, 0.4) is 0 Å². The van der Waals surface area contributed by atoms with Crippen LogP contribution in [0.5, 0.6) is 5.75 Å². The molecule has 2 atom stereocenters.